The first-order valence-corrected chi connectivity index (χ1v) is 8.02. The molecule has 0 spiro atoms. The number of fused-ring (bicyclic) bond motifs is 1. The lowest BCUT2D eigenvalue weighted by molar-refractivity contribution is 0.554. The van der Waals surface area contributed by atoms with Crippen LogP contribution in [0.15, 0.2) is 29.1 Å². The number of nitrogens with one attached hydrogen (secondary N) is 2. The van der Waals surface area contributed by atoms with E-state index in [1.54, 1.807) is 11.3 Å². The maximum absolute atomic E-state index is 4.66. The van der Waals surface area contributed by atoms with E-state index >= 15 is 0 Å². The highest BCUT2D eigenvalue weighted by atomic mass is 32.1. The molecule has 21 heavy (non-hydrogen) atoms. The van der Waals surface area contributed by atoms with Crippen LogP contribution in [-0.2, 0) is 5.41 Å². The van der Waals surface area contributed by atoms with Crippen molar-refractivity contribution in [1.29, 1.82) is 0 Å². The second kappa shape index (κ2) is 5.15. The number of thiazole rings is 1. The van der Waals surface area contributed by atoms with Gasteiger partial charge in [-0.25, -0.2) is 9.97 Å². The second-order valence-electron chi connectivity index (χ2n) is 6.35. The van der Waals surface area contributed by atoms with Gasteiger partial charge in [0.1, 0.15) is 5.82 Å². The Morgan fingerprint density at radius 3 is 2.76 bits per heavy atom. The Morgan fingerprint density at radius 1 is 1.29 bits per heavy atom. The molecule has 2 aromatic heterocycles. The minimum Gasteiger partial charge on any atom is -0.377 e. The zero-order chi connectivity index (χ0) is 15.0. The molecule has 3 aromatic rings. The highest BCUT2D eigenvalue weighted by molar-refractivity contribution is 7.07. The van der Waals surface area contributed by atoms with Crippen LogP contribution in [0.5, 0.6) is 0 Å². The van der Waals surface area contributed by atoms with Gasteiger partial charge in [-0.1, -0.05) is 20.8 Å². The van der Waals surface area contributed by atoms with E-state index in [0.717, 1.165) is 28.2 Å². The third-order valence-corrected chi connectivity index (χ3v) is 4.08. The molecule has 0 amide bonds. The van der Waals surface area contributed by atoms with Gasteiger partial charge in [0.25, 0.3) is 0 Å². The smallest absolute Gasteiger partial charge is 0.112 e. The lowest BCUT2D eigenvalue weighted by Crippen LogP contribution is -2.12. The largest absolute Gasteiger partial charge is 0.377 e. The molecule has 4 nitrogen and oxygen atoms in total. The number of benzene rings is 1. The summed E-state index contributed by atoms with van der Waals surface area (Å²) in [5.74, 6) is 1.02. The molecule has 0 aliphatic rings. The summed E-state index contributed by atoms with van der Waals surface area (Å²) in [4.78, 5) is 12.4. The maximum atomic E-state index is 4.66. The lowest BCUT2D eigenvalue weighted by Gasteiger charge is -2.13. The summed E-state index contributed by atoms with van der Waals surface area (Å²) in [7, 11) is 0. The van der Waals surface area contributed by atoms with Gasteiger partial charge in [-0.15, -0.1) is 11.3 Å². The molecule has 110 valence electrons. The first-order chi connectivity index (χ1) is 9.93. The zero-order valence-electron chi connectivity index (χ0n) is 12.8. The molecule has 3 rings (SSSR count). The van der Waals surface area contributed by atoms with E-state index in [-0.39, 0.29) is 11.5 Å². The van der Waals surface area contributed by atoms with Crippen LogP contribution in [0.25, 0.3) is 11.0 Å². The molecular weight excluding hydrogens is 280 g/mol. The van der Waals surface area contributed by atoms with Crippen molar-refractivity contribution in [2.24, 2.45) is 0 Å². The predicted octanol–water partition coefficient (Wildman–Crippen LogP) is 4.49. The van der Waals surface area contributed by atoms with Gasteiger partial charge in [0.05, 0.1) is 28.3 Å². The third-order valence-electron chi connectivity index (χ3n) is 3.47. The number of imidazole rings is 1. The van der Waals surface area contributed by atoms with E-state index < -0.39 is 0 Å². The summed E-state index contributed by atoms with van der Waals surface area (Å²) in [6.45, 7) is 8.60. The maximum Gasteiger partial charge on any atom is 0.112 e. The van der Waals surface area contributed by atoms with E-state index in [9.17, 15) is 0 Å². The monoisotopic (exact) mass is 300 g/mol. The fourth-order valence-corrected chi connectivity index (χ4v) is 2.86. The number of aromatic nitrogens is 3. The van der Waals surface area contributed by atoms with Crippen molar-refractivity contribution in [3.8, 4) is 0 Å². The number of anilines is 1. The molecule has 5 heteroatoms. The van der Waals surface area contributed by atoms with Gasteiger partial charge in [0.15, 0.2) is 0 Å². The van der Waals surface area contributed by atoms with Crippen LogP contribution < -0.4 is 5.32 Å². The fourth-order valence-electron chi connectivity index (χ4n) is 2.21. The van der Waals surface area contributed by atoms with Gasteiger partial charge in [0.2, 0.25) is 0 Å². The van der Waals surface area contributed by atoms with Crippen LogP contribution in [0.3, 0.4) is 0 Å². The van der Waals surface area contributed by atoms with E-state index in [1.807, 2.05) is 5.51 Å². The van der Waals surface area contributed by atoms with Crippen LogP contribution in [0.1, 0.15) is 45.3 Å². The quantitative estimate of drug-likeness (QED) is 0.749. The molecule has 1 aromatic carbocycles. The normalized spacial score (nSPS) is 13.5. The topological polar surface area (TPSA) is 53.6 Å². The molecule has 0 saturated carbocycles. The minimum atomic E-state index is 0.0283. The molecule has 2 N–H and O–H groups in total. The zero-order valence-corrected chi connectivity index (χ0v) is 13.6. The van der Waals surface area contributed by atoms with Gasteiger partial charge < -0.3 is 10.3 Å². The Labute approximate surface area is 128 Å². The number of H-pyrrole nitrogens is 1. The van der Waals surface area contributed by atoms with E-state index in [0.29, 0.717) is 0 Å². The molecule has 0 aliphatic carbocycles. The Hall–Kier alpha value is -1.88. The summed E-state index contributed by atoms with van der Waals surface area (Å²) in [5.41, 5.74) is 6.11. The molecule has 0 radical (unpaired) electrons. The van der Waals surface area contributed by atoms with Crippen molar-refractivity contribution in [3.05, 3.63) is 40.6 Å². The van der Waals surface area contributed by atoms with Crippen molar-refractivity contribution in [2.75, 3.05) is 5.32 Å². The molecule has 0 bridgehead atoms. The first kappa shape index (κ1) is 14.1. The summed E-state index contributed by atoms with van der Waals surface area (Å²) >= 11 is 1.62. The van der Waals surface area contributed by atoms with Crippen molar-refractivity contribution >= 4 is 28.1 Å². The van der Waals surface area contributed by atoms with Crippen molar-refractivity contribution in [3.63, 3.8) is 0 Å². The number of hydrogen-bond acceptors (Lipinski definition) is 4. The van der Waals surface area contributed by atoms with Crippen LogP contribution in [0, 0.1) is 0 Å². The highest BCUT2D eigenvalue weighted by Crippen LogP contribution is 2.26. The number of aromatic amines is 1. The van der Waals surface area contributed by atoms with Crippen LogP contribution in [-0.4, -0.2) is 15.0 Å². The standard InChI is InChI=1S/C16H20N4S/c1-10(14-8-21-9-17-14)18-11-5-6-12-13(7-11)20-15(19-12)16(2,3)4/h5-10,18H,1-4H3,(H,19,20). The highest BCUT2D eigenvalue weighted by Gasteiger charge is 2.18. The van der Waals surface area contributed by atoms with E-state index in [2.05, 4.69) is 71.5 Å². The predicted molar refractivity (Wildman–Crippen MR) is 88.9 cm³/mol. The Bertz CT molecular complexity index is 737. The Morgan fingerprint density at radius 2 is 2.10 bits per heavy atom. The number of rotatable bonds is 3. The summed E-state index contributed by atoms with van der Waals surface area (Å²) in [6.07, 6.45) is 0. The summed E-state index contributed by atoms with van der Waals surface area (Å²) in [5, 5.41) is 5.55. The van der Waals surface area contributed by atoms with Gasteiger partial charge in [-0.3, -0.25) is 0 Å². The van der Waals surface area contributed by atoms with Crippen molar-refractivity contribution in [2.45, 2.75) is 39.2 Å². The summed E-state index contributed by atoms with van der Waals surface area (Å²) < 4.78 is 0. The molecule has 0 saturated heterocycles. The molecule has 2 heterocycles. The van der Waals surface area contributed by atoms with Crippen LogP contribution in [0.2, 0.25) is 0 Å². The summed E-state index contributed by atoms with van der Waals surface area (Å²) in [6, 6.07) is 6.43. The van der Waals surface area contributed by atoms with Gasteiger partial charge in [-0.05, 0) is 25.1 Å². The second-order valence-corrected chi connectivity index (χ2v) is 7.07. The SMILES string of the molecule is CC(Nc1ccc2nc(C(C)(C)C)[nH]c2c1)c1cscn1. The molecule has 0 aliphatic heterocycles. The number of hydrogen-bond donors (Lipinski definition) is 2. The molecule has 1 atom stereocenters. The number of nitrogens with zero attached hydrogens (tertiary/aromatic N) is 2. The Balaban J connectivity index is 1.87. The van der Waals surface area contributed by atoms with Crippen molar-refractivity contribution in [1.82, 2.24) is 15.0 Å². The van der Waals surface area contributed by atoms with E-state index in [4.69, 9.17) is 0 Å². The molecular formula is C16H20N4S. The average Bonchev–Trinajstić information content (AvgIpc) is 3.06. The van der Waals surface area contributed by atoms with E-state index in [1.165, 1.54) is 0 Å². The van der Waals surface area contributed by atoms with Gasteiger partial charge in [0, 0.05) is 16.5 Å². The van der Waals surface area contributed by atoms with Gasteiger partial charge in [-0.2, -0.15) is 0 Å². The fraction of sp³-hybridized carbons (Fsp3) is 0.375. The Kier molecular flexibility index (Phi) is 3.45. The minimum absolute atomic E-state index is 0.0283. The first-order valence-electron chi connectivity index (χ1n) is 7.08. The average molecular weight is 300 g/mol. The lowest BCUT2D eigenvalue weighted by atomic mass is 9.96. The van der Waals surface area contributed by atoms with Gasteiger partial charge >= 0.3 is 0 Å². The van der Waals surface area contributed by atoms with Crippen molar-refractivity contribution < 1.29 is 0 Å². The molecule has 1 unspecified atom stereocenters. The molecule has 0 fully saturated rings. The van der Waals surface area contributed by atoms with Crippen LogP contribution >= 0.6 is 11.3 Å². The van der Waals surface area contributed by atoms with Crippen LogP contribution in [0.4, 0.5) is 5.69 Å². The third kappa shape index (κ3) is 2.93.